The number of anilines is 2. The topological polar surface area (TPSA) is 101 Å². The third kappa shape index (κ3) is 7.57. The van der Waals surface area contributed by atoms with Gasteiger partial charge in [0.05, 0.1) is 10.7 Å². The summed E-state index contributed by atoms with van der Waals surface area (Å²) in [6.07, 6.45) is 0.436. The molecule has 0 unspecified atom stereocenters. The Hall–Kier alpha value is -2.87. The molecule has 0 aliphatic heterocycles. The summed E-state index contributed by atoms with van der Waals surface area (Å²) >= 11 is 1.37. The lowest BCUT2D eigenvalue weighted by Crippen LogP contribution is -2.19. The highest BCUT2D eigenvalue weighted by molar-refractivity contribution is 8.00. The predicted molar refractivity (Wildman–Crippen MR) is 116 cm³/mol. The first kappa shape index (κ1) is 22.4. The Balaban J connectivity index is 1.86. The van der Waals surface area contributed by atoms with E-state index in [9.17, 15) is 19.7 Å². The SMILES string of the molecule is Cc1cc([N+](=O)[O-])ccc1NC(=O)CSc1ccc(NC(=O)CC(C)(C)C)cc1. The number of nitro benzene ring substituents is 1. The first-order valence-electron chi connectivity index (χ1n) is 9.11. The van der Waals surface area contributed by atoms with Crippen molar-refractivity contribution < 1.29 is 14.5 Å². The van der Waals surface area contributed by atoms with E-state index in [4.69, 9.17) is 0 Å². The number of thioether (sulfide) groups is 1. The van der Waals surface area contributed by atoms with Gasteiger partial charge in [0.25, 0.3) is 5.69 Å². The van der Waals surface area contributed by atoms with E-state index in [-0.39, 0.29) is 28.7 Å². The van der Waals surface area contributed by atoms with E-state index in [0.29, 0.717) is 17.7 Å². The second-order valence-electron chi connectivity index (χ2n) is 7.90. The van der Waals surface area contributed by atoms with Gasteiger partial charge < -0.3 is 10.6 Å². The fraction of sp³-hybridized carbons (Fsp3) is 0.333. The lowest BCUT2D eigenvalue weighted by molar-refractivity contribution is -0.384. The van der Waals surface area contributed by atoms with Gasteiger partial charge in [0, 0.05) is 34.8 Å². The quantitative estimate of drug-likeness (QED) is 0.376. The molecule has 2 N–H and O–H groups in total. The molecule has 0 radical (unpaired) electrons. The lowest BCUT2D eigenvalue weighted by atomic mass is 9.92. The van der Waals surface area contributed by atoms with Crippen LogP contribution in [0.2, 0.25) is 0 Å². The van der Waals surface area contributed by atoms with Crippen molar-refractivity contribution in [3.05, 3.63) is 58.1 Å². The Labute approximate surface area is 174 Å². The predicted octanol–water partition coefficient (Wildman–Crippen LogP) is 5.01. The van der Waals surface area contributed by atoms with E-state index in [1.54, 1.807) is 19.1 Å². The van der Waals surface area contributed by atoms with Crippen LogP contribution in [0.3, 0.4) is 0 Å². The highest BCUT2D eigenvalue weighted by Gasteiger charge is 2.16. The molecule has 2 rings (SSSR count). The molecule has 8 heteroatoms. The largest absolute Gasteiger partial charge is 0.326 e. The van der Waals surface area contributed by atoms with Crippen molar-refractivity contribution in [2.24, 2.45) is 5.41 Å². The summed E-state index contributed by atoms with van der Waals surface area (Å²) < 4.78 is 0. The highest BCUT2D eigenvalue weighted by Crippen LogP contribution is 2.24. The maximum atomic E-state index is 12.2. The van der Waals surface area contributed by atoms with Crippen molar-refractivity contribution in [1.29, 1.82) is 0 Å². The van der Waals surface area contributed by atoms with Crippen LogP contribution in [0.5, 0.6) is 0 Å². The number of nitro groups is 1. The molecule has 0 aromatic heterocycles. The van der Waals surface area contributed by atoms with E-state index in [2.05, 4.69) is 10.6 Å². The van der Waals surface area contributed by atoms with Gasteiger partial charge in [-0.1, -0.05) is 20.8 Å². The highest BCUT2D eigenvalue weighted by atomic mass is 32.2. The van der Waals surface area contributed by atoms with Crippen LogP contribution in [0.1, 0.15) is 32.8 Å². The van der Waals surface area contributed by atoms with Crippen LogP contribution in [0.4, 0.5) is 17.1 Å². The third-order valence-corrected chi connectivity index (χ3v) is 4.91. The fourth-order valence-corrected chi connectivity index (χ4v) is 3.26. The number of non-ortho nitro benzene ring substituents is 1. The molecule has 29 heavy (non-hydrogen) atoms. The van der Waals surface area contributed by atoms with Crippen LogP contribution in [0, 0.1) is 22.5 Å². The first-order chi connectivity index (χ1) is 13.5. The number of carbonyl (C=O) groups excluding carboxylic acids is 2. The second kappa shape index (κ2) is 9.56. The summed E-state index contributed by atoms with van der Waals surface area (Å²) in [4.78, 5) is 35.4. The average Bonchev–Trinajstić information content (AvgIpc) is 2.61. The smallest absolute Gasteiger partial charge is 0.269 e. The molecule has 0 saturated carbocycles. The molecule has 7 nitrogen and oxygen atoms in total. The first-order valence-corrected chi connectivity index (χ1v) is 10.1. The standard InChI is InChI=1S/C21H25N3O4S/c1-14-11-16(24(27)28)7-10-18(14)23-20(26)13-29-17-8-5-15(6-9-17)22-19(25)12-21(2,3)4/h5-11H,12-13H2,1-4H3,(H,22,25)(H,23,26). The van der Waals surface area contributed by atoms with Crippen molar-refractivity contribution >= 4 is 40.6 Å². The van der Waals surface area contributed by atoms with Gasteiger partial charge in [-0.25, -0.2) is 0 Å². The minimum atomic E-state index is -0.469. The van der Waals surface area contributed by atoms with E-state index in [1.165, 1.54) is 30.0 Å². The monoisotopic (exact) mass is 415 g/mol. The molecule has 2 amide bonds. The van der Waals surface area contributed by atoms with Crippen molar-refractivity contribution in [3.63, 3.8) is 0 Å². The number of amides is 2. The second-order valence-corrected chi connectivity index (χ2v) is 8.95. The molecule has 0 fully saturated rings. The normalized spacial score (nSPS) is 11.0. The van der Waals surface area contributed by atoms with Gasteiger partial charge >= 0.3 is 0 Å². The van der Waals surface area contributed by atoms with Crippen molar-refractivity contribution in [1.82, 2.24) is 0 Å². The van der Waals surface area contributed by atoms with E-state index in [1.807, 2.05) is 32.9 Å². The summed E-state index contributed by atoms with van der Waals surface area (Å²) in [6.45, 7) is 7.74. The minimum Gasteiger partial charge on any atom is -0.326 e. The zero-order chi connectivity index (χ0) is 21.6. The number of benzene rings is 2. The van der Waals surface area contributed by atoms with Gasteiger partial charge in [0.1, 0.15) is 0 Å². The Morgan fingerprint density at radius 1 is 1.03 bits per heavy atom. The van der Waals surface area contributed by atoms with E-state index in [0.717, 1.165) is 10.6 Å². The fourth-order valence-electron chi connectivity index (χ4n) is 2.56. The van der Waals surface area contributed by atoms with Gasteiger partial charge in [-0.2, -0.15) is 0 Å². The maximum Gasteiger partial charge on any atom is 0.269 e. The van der Waals surface area contributed by atoms with Gasteiger partial charge in [-0.3, -0.25) is 19.7 Å². The Kier molecular flexibility index (Phi) is 7.39. The van der Waals surface area contributed by atoms with Crippen molar-refractivity contribution in [2.75, 3.05) is 16.4 Å². The summed E-state index contributed by atoms with van der Waals surface area (Å²) in [5, 5.41) is 16.4. The molecule has 0 heterocycles. The summed E-state index contributed by atoms with van der Waals surface area (Å²) in [5.74, 6) is -0.0307. The number of aryl methyl sites for hydroxylation is 1. The molecule has 2 aromatic rings. The van der Waals surface area contributed by atoms with Crippen LogP contribution in [-0.4, -0.2) is 22.5 Å². The molecule has 154 valence electrons. The molecule has 0 bridgehead atoms. The van der Waals surface area contributed by atoms with Crippen LogP contribution in [-0.2, 0) is 9.59 Å². The van der Waals surface area contributed by atoms with Gasteiger partial charge in [0.2, 0.25) is 11.8 Å². The molecule has 0 saturated heterocycles. The van der Waals surface area contributed by atoms with Gasteiger partial charge in [0.15, 0.2) is 0 Å². The number of hydrogen-bond acceptors (Lipinski definition) is 5. The van der Waals surface area contributed by atoms with Gasteiger partial charge in [-0.05, 0) is 48.2 Å². The average molecular weight is 416 g/mol. The number of rotatable bonds is 7. The maximum absolute atomic E-state index is 12.2. The van der Waals surface area contributed by atoms with Crippen LogP contribution >= 0.6 is 11.8 Å². The molecule has 0 atom stereocenters. The number of nitrogens with one attached hydrogen (secondary N) is 2. The summed E-state index contributed by atoms with van der Waals surface area (Å²) in [5.41, 5.74) is 1.82. The summed E-state index contributed by atoms with van der Waals surface area (Å²) in [6, 6.07) is 11.6. The van der Waals surface area contributed by atoms with Gasteiger partial charge in [-0.15, -0.1) is 11.8 Å². The number of carbonyl (C=O) groups is 2. The Morgan fingerprint density at radius 3 is 2.24 bits per heavy atom. The number of hydrogen-bond donors (Lipinski definition) is 2. The van der Waals surface area contributed by atoms with E-state index >= 15 is 0 Å². The molecule has 0 aliphatic rings. The van der Waals surface area contributed by atoms with Crippen molar-refractivity contribution in [2.45, 2.75) is 39.0 Å². The zero-order valence-corrected chi connectivity index (χ0v) is 17.8. The van der Waals surface area contributed by atoms with E-state index < -0.39 is 4.92 Å². The number of nitrogens with zero attached hydrogens (tertiary/aromatic N) is 1. The van der Waals surface area contributed by atoms with Crippen molar-refractivity contribution in [3.8, 4) is 0 Å². The molecular formula is C21H25N3O4S. The Bertz CT molecular complexity index is 905. The zero-order valence-electron chi connectivity index (χ0n) is 16.9. The molecule has 2 aromatic carbocycles. The van der Waals surface area contributed by atoms with Crippen LogP contribution < -0.4 is 10.6 Å². The Morgan fingerprint density at radius 2 is 1.69 bits per heavy atom. The minimum absolute atomic E-state index is 0.00967. The molecule has 0 aliphatic carbocycles. The summed E-state index contributed by atoms with van der Waals surface area (Å²) in [7, 11) is 0. The van der Waals surface area contributed by atoms with Crippen LogP contribution in [0.25, 0.3) is 0 Å². The molecular weight excluding hydrogens is 390 g/mol. The van der Waals surface area contributed by atoms with Crippen LogP contribution in [0.15, 0.2) is 47.4 Å². The third-order valence-electron chi connectivity index (χ3n) is 3.89. The molecule has 0 spiro atoms. The lowest BCUT2D eigenvalue weighted by Gasteiger charge is -2.17.